The fraction of sp³-hybridized carbons (Fsp3) is 0.200. The molecule has 2 nitrogen and oxygen atoms in total. The second kappa shape index (κ2) is 5.45. The van der Waals surface area contributed by atoms with Crippen molar-refractivity contribution in [1.29, 1.82) is 0 Å². The number of benzene rings is 2. The van der Waals surface area contributed by atoms with Crippen molar-refractivity contribution in [3.63, 3.8) is 0 Å². The number of halogens is 5. The lowest BCUT2D eigenvalue weighted by Crippen LogP contribution is -2.09. The van der Waals surface area contributed by atoms with Gasteiger partial charge in [-0.05, 0) is 42.8 Å². The quantitative estimate of drug-likeness (QED) is 0.616. The Morgan fingerprint density at radius 2 is 1.58 bits per heavy atom. The Labute approximate surface area is 139 Å². The molecule has 0 spiro atoms. The molecule has 0 aliphatic carbocycles. The average Bonchev–Trinajstić information content (AvgIpc) is 2.45. The Morgan fingerprint density at radius 3 is 2.08 bits per heavy atom. The Bertz CT molecular complexity index is 775. The maximum atomic E-state index is 12.9. The van der Waals surface area contributed by atoms with Crippen molar-refractivity contribution >= 4 is 26.7 Å². The summed E-state index contributed by atoms with van der Waals surface area (Å²) in [6.45, 7) is 1.68. The van der Waals surface area contributed by atoms with Crippen LogP contribution in [0.1, 0.15) is 18.5 Å². The Kier molecular flexibility index (Phi) is 4.25. The molecule has 0 amide bonds. The van der Waals surface area contributed by atoms with Gasteiger partial charge < -0.3 is 5.32 Å². The van der Waals surface area contributed by atoms with Crippen LogP contribution in [0.25, 0.3) is 0 Å². The fourth-order valence-corrected chi connectivity index (χ4v) is 3.31. The van der Waals surface area contributed by atoms with Crippen molar-refractivity contribution in [2.45, 2.75) is 22.8 Å². The summed E-state index contributed by atoms with van der Waals surface area (Å²) in [5.74, 6) is 0. The molecular weight excluding hydrogens is 369 g/mol. The van der Waals surface area contributed by atoms with Crippen LogP contribution in [-0.4, -0.2) is 10.5 Å². The molecule has 24 heavy (non-hydrogen) atoms. The average molecular weight is 385 g/mol. The summed E-state index contributed by atoms with van der Waals surface area (Å²) in [5, 5.41) is 2.76. The highest BCUT2D eigenvalue weighted by molar-refractivity contribution is 8.45. The third kappa shape index (κ3) is 4.70. The van der Waals surface area contributed by atoms with Crippen molar-refractivity contribution in [3.05, 3.63) is 54.1 Å². The van der Waals surface area contributed by atoms with E-state index in [4.69, 9.17) is 0 Å². The van der Waals surface area contributed by atoms with Crippen LogP contribution in [0.15, 0.2) is 58.3 Å². The molecule has 9 heteroatoms. The van der Waals surface area contributed by atoms with Crippen LogP contribution < -0.4 is 5.32 Å². The van der Waals surface area contributed by atoms with Gasteiger partial charge in [0.1, 0.15) is 4.90 Å². The lowest BCUT2D eigenvalue weighted by Gasteiger charge is -2.40. The molecule has 2 aromatic rings. The van der Waals surface area contributed by atoms with E-state index < -0.39 is 32.0 Å². The number of hydrogen-bond donors (Lipinski definition) is 1. The summed E-state index contributed by atoms with van der Waals surface area (Å²) in [7, 11) is -10.8. The summed E-state index contributed by atoms with van der Waals surface area (Å²) in [6, 6.07) is 9.24. The molecule has 0 unspecified atom stereocenters. The van der Waals surface area contributed by atoms with Gasteiger partial charge in [-0.1, -0.05) is 37.6 Å². The van der Waals surface area contributed by atoms with Crippen molar-refractivity contribution < 1.29 is 23.6 Å². The van der Waals surface area contributed by atoms with Gasteiger partial charge >= 0.3 is 10.2 Å². The second-order valence-electron chi connectivity index (χ2n) is 5.39. The van der Waals surface area contributed by atoms with Crippen LogP contribution in [0.4, 0.5) is 25.1 Å². The van der Waals surface area contributed by atoms with Gasteiger partial charge in [-0.2, -0.15) is 0 Å². The minimum absolute atomic E-state index is 0.0589. The molecule has 0 heterocycles. The molecule has 0 saturated heterocycles. The highest BCUT2D eigenvalue weighted by Crippen LogP contribution is 3.02. The van der Waals surface area contributed by atoms with Crippen LogP contribution in [0.3, 0.4) is 0 Å². The number of anilines is 1. The van der Waals surface area contributed by atoms with E-state index in [2.05, 4.69) is 5.32 Å². The van der Waals surface area contributed by atoms with E-state index in [0.717, 1.165) is 11.6 Å². The third-order valence-corrected chi connectivity index (χ3v) is 5.46. The summed E-state index contributed by atoms with van der Waals surface area (Å²) in [6.07, 6.45) is 1.53. The maximum Gasteiger partial charge on any atom is 0.310 e. The largest absolute Gasteiger partial charge is 0.378 e. The third-order valence-electron chi connectivity index (χ3n) is 3.37. The van der Waals surface area contributed by atoms with Gasteiger partial charge in [0.05, 0.1) is 0 Å². The predicted octanol–water partition coefficient (Wildman–Crippen LogP) is 6.25. The summed E-state index contributed by atoms with van der Waals surface area (Å²) >= 11 is 0. The second-order valence-corrected chi connectivity index (χ2v) is 9.17. The van der Waals surface area contributed by atoms with E-state index in [9.17, 15) is 23.6 Å². The van der Waals surface area contributed by atoms with Crippen molar-refractivity contribution in [2.75, 3.05) is 11.6 Å². The standard InChI is InChI=1S/C15H16F5NOS2/c1-11(12-6-8-14(9-7-12)23(2)22)21-13-4-3-5-15(10-13)24(16,17,18,19)20/h3-11,21H,1-2H3/t11-,23+/m1/s1. The zero-order valence-corrected chi connectivity index (χ0v) is 14.4. The number of nitrogens with one attached hydrogen (secondary N) is 1. The first-order valence-electron chi connectivity index (χ1n) is 6.80. The first-order valence-corrected chi connectivity index (χ1v) is 10.3. The van der Waals surface area contributed by atoms with Crippen LogP contribution in [0, 0.1) is 0 Å². The monoisotopic (exact) mass is 385 g/mol. The van der Waals surface area contributed by atoms with Gasteiger partial charge in [-0.3, -0.25) is 4.21 Å². The molecule has 0 fully saturated rings. The van der Waals surface area contributed by atoms with E-state index in [1.807, 2.05) is 0 Å². The smallest absolute Gasteiger partial charge is 0.310 e. The first kappa shape index (κ1) is 18.7. The Hall–Kier alpha value is -1.61. The lowest BCUT2D eigenvalue weighted by molar-refractivity contribution is 0.364. The van der Waals surface area contributed by atoms with Gasteiger partial charge in [0.2, 0.25) is 0 Å². The van der Waals surface area contributed by atoms with Gasteiger partial charge in [-0.25, -0.2) is 0 Å². The SMILES string of the molecule is C[C@@H](Nc1cccc(S(F)(F)(F)(F)F)c1)c1ccc([S@](C)=O)cc1. The van der Waals surface area contributed by atoms with E-state index in [1.54, 1.807) is 31.2 Å². The van der Waals surface area contributed by atoms with Crippen LogP contribution >= 0.6 is 10.2 Å². The summed E-state index contributed by atoms with van der Waals surface area (Å²) in [4.78, 5) is -1.31. The van der Waals surface area contributed by atoms with Crippen molar-refractivity contribution in [2.24, 2.45) is 0 Å². The number of hydrogen-bond acceptors (Lipinski definition) is 2. The van der Waals surface area contributed by atoms with Gasteiger partial charge in [0.25, 0.3) is 0 Å². The maximum absolute atomic E-state index is 12.9. The van der Waals surface area contributed by atoms with Crippen LogP contribution in [-0.2, 0) is 10.8 Å². The molecule has 134 valence electrons. The molecule has 0 aliphatic rings. The van der Waals surface area contributed by atoms with E-state index >= 15 is 0 Å². The Morgan fingerprint density at radius 1 is 1.00 bits per heavy atom. The predicted molar refractivity (Wildman–Crippen MR) is 88.7 cm³/mol. The fourth-order valence-electron chi connectivity index (χ4n) is 2.11. The topological polar surface area (TPSA) is 29.1 Å². The molecule has 2 atom stereocenters. The summed E-state index contributed by atoms with van der Waals surface area (Å²) < 4.78 is 75.6. The van der Waals surface area contributed by atoms with E-state index in [1.165, 1.54) is 12.3 Å². The first-order chi connectivity index (χ1) is 10.8. The zero-order valence-electron chi connectivity index (χ0n) is 12.8. The molecule has 0 aromatic heterocycles. The minimum atomic E-state index is -9.70. The summed E-state index contributed by atoms with van der Waals surface area (Å²) in [5.41, 5.74) is 0.665. The molecule has 0 radical (unpaired) electrons. The van der Waals surface area contributed by atoms with Crippen molar-refractivity contribution in [1.82, 2.24) is 0 Å². The molecular formula is C15H16F5NOS2. The molecule has 0 bridgehead atoms. The molecule has 0 aliphatic heterocycles. The zero-order chi connectivity index (χ0) is 18.2. The normalized spacial score (nSPS) is 17.5. The van der Waals surface area contributed by atoms with E-state index in [0.29, 0.717) is 17.0 Å². The van der Waals surface area contributed by atoms with Crippen LogP contribution in [0.5, 0.6) is 0 Å². The minimum Gasteiger partial charge on any atom is -0.378 e. The van der Waals surface area contributed by atoms with Crippen LogP contribution in [0.2, 0.25) is 0 Å². The molecule has 2 aromatic carbocycles. The molecule has 2 rings (SSSR count). The van der Waals surface area contributed by atoms with Gasteiger partial charge in [0, 0.05) is 33.7 Å². The Balaban J connectivity index is 2.24. The van der Waals surface area contributed by atoms with Crippen molar-refractivity contribution in [3.8, 4) is 0 Å². The number of rotatable bonds is 5. The van der Waals surface area contributed by atoms with Gasteiger partial charge in [-0.15, -0.1) is 0 Å². The highest BCUT2D eigenvalue weighted by Gasteiger charge is 2.65. The highest BCUT2D eigenvalue weighted by atomic mass is 32.5. The van der Waals surface area contributed by atoms with Gasteiger partial charge in [0.15, 0.2) is 0 Å². The molecule has 1 N–H and O–H groups in total. The molecule has 0 saturated carbocycles. The van der Waals surface area contributed by atoms with E-state index in [-0.39, 0.29) is 5.69 Å². The lowest BCUT2D eigenvalue weighted by atomic mass is 10.1.